The molecule has 1 spiro atoms. The Kier molecular flexibility index (Phi) is 5.07. The summed E-state index contributed by atoms with van der Waals surface area (Å²) in [5.41, 5.74) is 0.665. The molecule has 6 fully saturated rings. The van der Waals surface area contributed by atoms with E-state index < -0.39 is 0 Å². The monoisotopic (exact) mass is 494 g/mol. The number of rotatable bonds is 0. The zero-order valence-corrected chi connectivity index (χ0v) is 21.6. The second-order valence-electron chi connectivity index (χ2n) is 13.2. The number of alkyl halides is 1. The van der Waals surface area contributed by atoms with Gasteiger partial charge in [-0.25, -0.2) is 0 Å². The SMILES string of the molecule is C[C@H]1CC[C@@]2(OC1)O[C@H]1C[C@H]3[C@@H]4C[C@@H](O)[C@H]5C[C@@H](Br)CC[C@]5(C)[C@H]4CC[C@]3(C)[C@H]1[C@@H]2C. The van der Waals surface area contributed by atoms with Crippen molar-refractivity contribution >= 4 is 15.9 Å². The molecule has 0 amide bonds. The first kappa shape index (κ1) is 21.9. The first-order chi connectivity index (χ1) is 14.7. The fraction of sp³-hybridized carbons (Fsp3) is 1.00. The minimum Gasteiger partial charge on any atom is -0.393 e. The summed E-state index contributed by atoms with van der Waals surface area (Å²) in [5, 5.41) is 11.3. The highest BCUT2D eigenvalue weighted by molar-refractivity contribution is 9.09. The molecule has 4 saturated carbocycles. The van der Waals surface area contributed by atoms with Crippen LogP contribution < -0.4 is 0 Å². The topological polar surface area (TPSA) is 38.7 Å². The van der Waals surface area contributed by atoms with E-state index in [1.54, 1.807) is 0 Å². The van der Waals surface area contributed by atoms with E-state index in [0.717, 1.165) is 31.8 Å². The zero-order valence-electron chi connectivity index (χ0n) is 20.0. The Morgan fingerprint density at radius 3 is 2.39 bits per heavy atom. The third kappa shape index (κ3) is 2.93. The highest BCUT2D eigenvalue weighted by atomic mass is 79.9. The summed E-state index contributed by atoms with van der Waals surface area (Å²) in [6, 6.07) is 0. The van der Waals surface area contributed by atoms with Crippen molar-refractivity contribution in [3.05, 3.63) is 0 Å². The molecular formula is C27H43BrO3. The van der Waals surface area contributed by atoms with Crippen LogP contribution in [0, 0.1) is 52.3 Å². The number of aliphatic hydroxyl groups is 1. The van der Waals surface area contributed by atoms with Crippen molar-refractivity contribution in [3.8, 4) is 0 Å². The van der Waals surface area contributed by atoms with E-state index in [4.69, 9.17) is 9.47 Å². The molecule has 0 radical (unpaired) electrons. The average molecular weight is 496 g/mol. The van der Waals surface area contributed by atoms with E-state index in [1.807, 2.05) is 0 Å². The number of hydrogen-bond donors (Lipinski definition) is 1. The average Bonchev–Trinajstić information content (AvgIpc) is 3.17. The molecule has 13 atom stereocenters. The highest BCUT2D eigenvalue weighted by Gasteiger charge is 2.69. The Morgan fingerprint density at radius 2 is 1.65 bits per heavy atom. The van der Waals surface area contributed by atoms with E-state index in [1.165, 1.54) is 38.5 Å². The predicted molar refractivity (Wildman–Crippen MR) is 126 cm³/mol. The Morgan fingerprint density at radius 1 is 0.871 bits per heavy atom. The van der Waals surface area contributed by atoms with E-state index in [9.17, 15) is 5.11 Å². The number of fused-ring (bicyclic) bond motifs is 7. The van der Waals surface area contributed by atoms with Gasteiger partial charge in [0.05, 0.1) is 18.8 Å². The van der Waals surface area contributed by atoms with Gasteiger partial charge in [-0.2, -0.15) is 0 Å². The van der Waals surface area contributed by atoms with E-state index >= 15 is 0 Å². The van der Waals surface area contributed by atoms with Gasteiger partial charge in [0.2, 0.25) is 0 Å². The Hall–Kier alpha value is 0.360. The molecular weight excluding hydrogens is 452 g/mol. The number of ether oxygens (including phenoxy) is 2. The van der Waals surface area contributed by atoms with Gasteiger partial charge in [0, 0.05) is 17.2 Å². The number of halogens is 1. The standard InChI is InChI=1S/C27H43BrO3/c1-15-5-10-27(30-14-15)16(2)24-23(31-27)13-20-18-12-22(29)21-11-17(28)6-8-25(21,3)19(18)7-9-26(20,24)4/h15-24,29H,5-14H2,1-4H3/t15-,16-,17-,18+,19-,20-,21+,22+,23-,24-,25+,26-,27+/m0/s1. The lowest BCUT2D eigenvalue weighted by molar-refractivity contribution is -0.273. The molecule has 176 valence electrons. The molecule has 0 aromatic heterocycles. The van der Waals surface area contributed by atoms with Gasteiger partial charge in [-0.3, -0.25) is 0 Å². The molecule has 1 N–H and O–H groups in total. The summed E-state index contributed by atoms with van der Waals surface area (Å²) in [6.45, 7) is 10.7. The smallest absolute Gasteiger partial charge is 0.171 e. The van der Waals surface area contributed by atoms with Crippen molar-refractivity contribution in [2.75, 3.05) is 6.61 Å². The Labute approximate surface area is 197 Å². The molecule has 0 unspecified atom stereocenters. The third-order valence-electron chi connectivity index (χ3n) is 11.9. The van der Waals surface area contributed by atoms with Crippen molar-refractivity contribution in [2.45, 2.75) is 108 Å². The summed E-state index contributed by atoms with van der Waals surface area (Å²) in [6.07, 6.45) is 11.2. The van der Waals surface area contributed by atoms with Crippen molar-refractivity contribution < 1.29 is 14.6 Å². The summed E-state index contributed by atoms with van der Waals surface area (Å²) in [4.78, 5) is 0.597. The van der Waals surface area contributed by atoms with Crippen LogP contribution in [0.5, 0.6) is 0 Å². The molecule has 2 heterocycles. The summed E-state index contributed by atoms with van der Waals surface area (Å²) in [7, 11) is 0. The summed E-state index contributed by atoms with van der Waals surface area (Å²) >= 11 is 3.88. The fourth-order valence-corrected chi connectivity index (χ4v) is 10.9. The van der Waals surface area contributed by atoms with Crippen molar-refractivity contribution in [1.82, 2.24) is 0 Å². The van der Waals surface area contributed by atoms with Crippen LogP contribution in [0.3, 0.4) is 0 Å². The molecule has 2 aliphatic heterocycles. The quantitative estimate of drug-likeness (QED) is 0.409. The van der Waals surface area contributed by atoms with E-state index in [2.05, 4.69) is 43.6 Å². The maximum atomic E-state index is 11.3. The van der Waals surface area contributed by atoms with Crippen LogP contribution in [-0.2, 0) is 9.47 Å². The van der Waals surface area contributed by atoms with Crippen LogP contribution in [-0.4, -0.2) is 34.5 Å². The molecule has 3 nitrogen and oxygen atoms in total. The lowest BCUT2D eigenvalue weighted by Gasteiger charge is -2.62. The van der Waals surface area contributed by atoms with Gasteiger partial charge in [0.1, 0.15) is 0 Å². The molecule has 4 heteroatoms. The fourth-order valence-electron chi connectivity index (χ4n) is 10.3. The maximum absolute atomic E-state index is 11.3. The van der Waals surface area contributed by atoms with E-state index in [0.29, 0.717) is 57.3 Å². The maximum Gasteiger partial charge on any atom is 0.171 e. The van der Waals surface area contributed by atoms with Gasteiger partial charge < -0.3 is 14.6 Å². The normalized spacial score (nSPS) is 63.3. The molecule has 6 aliphatic rings. The minimum absolute atomic E-state index is 0.123. The first-order valence-electron chi connectivity index (χ1n) is 13.3. The van der Waals surface area contributed by atoms with Crippen LogP contribution >= 0.6 is 15.9 Å². The highest BCUT2D eigenvalue weighted by Crippen LogP contribution is 2.71. The van der Waals surface area contributed by atoms with Gasteiger partial charge in [0.25, 0.3) is 0 Å². The molecule has 0 aromatic rings. The minimum atomic E-state index is -0.315. The molecule has 0 aromatic carbocycles. The Balaban J connectivity index is 1.28. The van der Waals surface area contributed by atoms with Gasteiger partial charge in [-0.05, 0) is 97.7 Å². The molecule has 2 saturated heterocycles. The molecule has 4 aliphatic carbocycles. The van der Waals surface area contributed by atoms with Crippen LogP contribution in [0.4, 0.5) is 0 Å². The van der Waals surface area contributed by atoms with Crippen LogP contribution in [0.1, 0.15) is 85.5 Å². The van der Waals surface area contributed by atoms with Crippen molar-refractivity contribution in [2.24, 2.45) is 52.3 Å². The summed E-state index contributed by atoms with van der Waals surface area (Å²) < 4.78 is 13.4. The number of hydrogen-bond acceptors (Lipinski definition) is 3. The van der Waals surface area contributed by atoms with Crippen molar-refractivity contribution in [1.29, 1.82) is 0 Å². The van der Waals surface area contributed by atoms with Crippen LogP contribution in [0.25, 0.3) is 0 Å². The molecule has 31 heavy (non-hydrogen) atoms. The van der Waals surface area contributed by atoms with Crippen LogP contribution in [0.2, 0.25) is 0 Å². The van der Waals surface area contributed by atoms with Gasteiger partial charge in [-0.15, -0.1) is 0 Å². The van der Waals surface area contributed by atoms with Gasteiger partial charge >= 0.3 is 0 Å². The third-order valence-corrected chi connectivity index (χ3v) is 12.7. The predicted octanol–water partition coefficient (Wildman–Crippen LogP) is 6.17. The van der Waals surface area contributed by atoms with E-state index in [-0.39, 0.29) is 11.9 Å². The Bertz CT molecular complexity index is 719. The van der Waals surface area contributed by atoms with Crippen LogP contribution in [0.15, 0.2) is 0 Å². The molecule has 0 bridgehead atoms. The lowest BCUT2D eigenvalue weighted by Crippen LogP contribution is -2.58. The summed E-state index contributed by atoms with van der Waals surface area (Å²) in [5.74, 6) is 4.09. The largest absolute Gasteiger partial charge is 0.393 e. The number of aliphatic hydroxyl groups excluding tert-OH is 1. The van der Waals surface area contributed by atoms with Crippen molar-refractivity contribution in [3.63, 3.8) is 0 Å². The van der Waals surface area contributed by atoms with Gasteiger partial charge in [-0.1, -0.05) is 43.6 Å². The second-order valence-corrected chi connectivity index (χ2v) is 14.5. The van der Waals surface area contributed by atoms with Gasteiger partial charge in [0.15, 0.2) is 5.79 Å². The zero-order chi connectivity index (χ0) is 21.8. The first-order valence-corrected chi connectivity index (χ1v) is 14.2. The molecule has 6 rings (SSSR count). The lowest BCUT2D eigenvalue weighted by atomic mass is 9.44. The second kappa shape index (κ2) is 7.18.